The Morgan fingerprint density at radius 2 is 1.96 bits per heavy atom. The number of fused-ring (bicyclic) bond motifs is 1. The molecule has 6 heteroatoms. The van der Waals surface area contributed by atoms with Gasteiger partial charge in [-0.25, -0.2) is 4.98 Å². The van der Waals surface area contributed by atoms with Crippen LogP contribution < -0.4 is 5.32 Å². The van der Waals surface area contributed by atoms with Crippen LogP contribution in [0.2, 0.25) is 0 Å². The first-order valence-corrected chi connectivity index (χ1v) is 8.79. The van der Waals surface area contributed by atoms with Gasteiger partial charge in [0, 0.05) is 17.4 Å². The number of aromatic nitrogens is 4. The molecule has 0 amide bonds. The van der Waals surface area contributed by atoms with E-state index in [4.69, 9.17) is 4.42 Å². The zero-order valence-corrected chi connectivity index (χ0v) is 15.2. The van der Waals surface area contributed by atoms with E-state index in [1.165, 1.54) is 11.1 Å². The van der Waals surface area contributed by atoms with Gasteiger partial charge < -0.3 is 9.73 Å². The van der Waals surface area contributed by atoms with Crippen molar-refractivity contribution in [3.63, 3.8) is 0 Å². The summed E-state index contributed by atoms with van der Waals surface area (Å²) in [6.07, 6.45) is 3.53. The van der Waals surface area contributed by atoms with Crippen molar-refractivity contribution in [3.05, 3.63) is 59.5 Å². The maximum atomic E-state index is 5.43. The summed E-state index contributed by atoms with van der Waals surface area (Å²) in [7, 11) is 0. The molecule has 0 aliphatic carbocycles. The predicted octanol–water partition coefficient (Wildman–Crippen LogP) is 4.70. The van der Waals surface area contributed by atoms with Gasteiger partial charge in [-0.05, 0) is 55.7 Å². The average molecular weight is 347 g/mol. The van der Waals surface area contributed by atoms with Crippen molar-refractivity contribution in [3.8, 4) is 11.6 Å². The van der Waals surface area contributed by atoms with Gasteiger partial charge in [0.15, 0.2) is 5.76 Å². The molecule has 0 bridgehead atoms. The van der Waals surface area contributed by atoms with Crippen LogP contribution in [0.3, 0.4) is 0 Å². The molecule has 0 spiro atoms. The van der Waals surface area contributed by atoms with Gasteiger partial charge in [-0.2, -0.15) is 9.50 Å². The number of aryl methyl sites for hydroxylation is 3. The summed E-state index contributed by atoms with van der Waals surface area (Å²) >= 11 is 0. The summed E-state index contributed by atoms with van der Waals surface area (Å²) in [4.78, 5) is 9.18. The molecule has 0 saturated carbocycles. The third-order valence-corrected chi connectivity index (χ3v) is 4.39. The van der Waals surface area contributed by atoms with Crippen molar-refractivity contribution in [2.45, 2.75) is 33.6 Å². The van der Waals surface area contributed by atoms with Gasteiger partial charge in [0.25, 0.3) is 5.78 Å². The highest BCUT2D eigenvalue weighted by Crippen LogP contribution is 2.23. The highest BCUT2D eigenvalue weighted by atomic mass is 16.3. The zero-order valence-electron chi connectivity index (χ0n) is 15.2. The van der Waals surface area contributed by atoms with Gasteiger partial charge in [-0.15, -0.1) is 5.10 Å². The largest absolute Gasteiger partial charge is 0.461 e. The molecule has 26 heavy (non-hydrogen) atoms. The second-order valence-electron chi connectivity index (χ2n) is 6.43. The van der Waals surface area contributed by atoms with Crippen molar-refractivity contribution in [2.24, 2.45) is 0 Å². The molecule has 1 N–H and O–H groups in total. The van der Waals surface area contributed by atoms with Gasteiger partial charge >= 0.3 is 0 Å². The first-order chi connectivity index (χ1) is 12.6. The van der Waals surface area contributed by atoms with Crippen LogP contribution in [0.25, 0.3) is 17.4 Å². The lowest BCUT2D eigenvalue weighted by atomic mass is 10.1. The van der Waals surface area contributed by atoms with E-state index in [1.807, 2.05) is 18.2 Å². The predicted molar refractivity (Wildman–Crippen MR) is 102 cm³/mol. The van der Waals surface area contributed by atoms with E-state index in [-0.39, 0.29) is 0 Å². The summed E-state index contributed by atoms with van der Waals surface area (Å²) < 4.78 is 7.16. The maximum absolute atomic E-state index is 5.43. The van der Waals surface area contributed by atoms with E-state index in [0.717, 1.165) is 30.0 Å². The first-order valence-electron chi connectivity index (χ1n) is 8.79. The fourth-order valence-corrected chi connectivity index (χ4v) is 2.87. The molecule has 0 unspecified atom stereocenters. The van der Waals surface area contributed by atoms with Crippen LogP contribution in [0, 0.1) is 13.8 Å². The summed E-state index contributed by atoms with van der Waals surface area (Å²) in [6.45, 7) is 6.35. The fraction of sp³-hybridized carbons (Fsp3) is 0.250. The Hall–Kier alpha value is -3.15. The van der Waals surface area contributed by atoms with E-state index in [9.17, 15) is 0 Å². The van der Waals surface area contributed by atoms with Crippen LogP contribution >= 0.6 is 0 Å². The van der Waals surface area contributed by atoms with E-state index >= 15 is 0 Å². The number of hydrogen-bond acceptors (Lipinski definition) is 5. The minimum absolute atomic E-state index is 0.527. The molecular weight excluding hydrogens is 326 g/mol. The summed E-state index contributed by atoms with van der Waals surface area (Å²) in [5.41, 5.74) is 4.51. The number of anilines is 2. The van der Waals surface area contributed by atoms with Crippen LogP contribution in [0.4, 0.5) is 11.5 Å². The molecule has 4 rings (SSSR count). The molecule has 3 heterocycles. The number of benzene rings is 1. The molecule has 0 atom stereocenters. The Morgan fingerprint density at radius 3 is 2.69 bits per heavy atom. The number of nitrogens with zero attached hydrogens (tertiary/aromatic N) is 4. The van der Waals surface area contributed by atoms with E-state index in [1.54, 1.807) is 10.8 Å². The molecule has 0 radical (unpaired) electrons. The Balaban J connectivity index is 1.81. The van der Waals surface area contributed by atoms with Crippen LogP contribution in [0.15, 0.2) is 47.1 Å². The molecule has 0 saturated heterocycles. The molecule has 0 aliphatic heterocycles. The van der Waals surface area contributed by atoms with Crippen LogP contribution in [-0.4, -0.2) is 19.6 Å². The minimum atomic E-state index is 0.527. The second kappa shape index (κ2) is 6.63. The first kappa shape index (κ1) is 16.3. The van der Waals surface area contributed by atoms with Crippen molar-refractivity contribution >= 4 is 17.3 Å². The Labute approximate surface area is 151 Å². The Morgan fingerprint density at radius 1 is 1.08 bits per heavy atom. The van der Waals surface area contributed by atoms with Crippen LogP contribution in [0.1, 0.15) is 30.2 Å². The van der Waals surface area contributed by atoms with E-state index < -0.39 is 0 Å². The monoisotopic (exact) mass is 347 g/mol. The topological polar surface area (TPSA) is 68.2 Å². The summed E-state index contributed by atoms with van der Waals surface area (Å²) in [5.74, 6) is 2.56. The van der Waals surface area contributed by atoms with E-state index in [2.05, 4.69) is 59.4 Å². The molecular formula is C20H21N5O. The van der Waals surface area contributed by atoms with Gasteiger partial charge in [0.2, 0.25) is 5.82 Å². The SMILES string of the molecule is CCCc1cc(Nc2ccc(C)c(C)c2)n2nc(-c3ccco3)nc2n1. The van der Waals surface area contributed by atoms with Crippen LogP contribution in [0.5, 0.6) is 0 Å². The minimum Gasteiger partial charge on any atom is -0.461 e. The number of furan rings is 1. The second-order valence-corrected chi connectivity index (χ2v) is 6.43. The number of rotatable bonds is 5. The van der Waals surface area contributed by atoms with Crippen molar-refractivity contribution < 1.29 is 4.42 Å². The molecule has 1 aromatic carbocycles. The lowest BCUT2D eigenvalue weighted by molar-refractivity contribution is 0.577. The molecule has 6 nitrogen and oxygen atoms in total. The summed E-state index contributed by atoms with van der Waals surface area (Å²) in [5, 5.41) is 8.04. The fourth-order valence-electron chi connectivity index (χ4n) is 2.87. The quantitative estimate of drug-likeness (QED) is 0.567. The van der Waals surface area contributed by atoms with Crippen molar-refractivity contribution in [2.75, 3.05) is 5.32 Å². The van der Waals surface area contributed by atoms with Gasteiger partial charge in [0.05, 0.1) is 6.26 Å². The standard InChI is InChI=1S/C20H21N5O/c1-4-6-15-12-18(21-16-9-8-13(2)14(3)11-16)25-20(22-15)23-19(24-25)17-7-5-10-26-17/h5,7-12,21H,4,6H2,1-3H3. The molecule has 4 aromatic rings. The Kier molecular flexibility index (Phi) is 4.16. The lowest BCUT2D eigenvalue weighted by Crippen LogP contribution is -2.04. The lowest BCUT2D eigenvalue weighted by Gasteiger charge is -2.11. The highest BCUT2D eigenvalue weighted by Gasteiger charge is 2.14. The van der Waals surface area contributed by atoms with Gasteiger partial charge in [-0.3, -0.25) is 0 Å². The molecule has 0 aliphatic rings. The van der Waals surface area contributed by atoms with Crippen molar-refractivity contribution in [1.82, 2.24) is 19.6 Å². The number of hydrogen-bond donors (Lipinski definition) is 1. The smallest absolute Gasteiger partial charge is 0.255 e. The molecule has 0 fully saturated rings. The maximum Gasteiger partial charge on any atom is 0.255 e. The third kappa shape index (κ3) is 3.06. The number of nitrogens with one attached hydrogen (secondary N) is 1. The van der Waals surface area contributed by atoms with Gasteiger partial charge in [-0.1, -0.05) is 19.4 Å². The average Bonchev–Trinajstić information content (AvgIpc) is 3.27. The third-order valence-electron chi connectivity index (χ3n) is 4.39. The summed E-state index contributed by atoms with van der Waals surface area (Å²) in [6, 6.07) is 12.0. The van der Waals surface area contributed by atoms with Crippen molar-refractivity contribution in [1.29, 1.82) is 0 Å². The molecule has 3 aromatic heterocycles. The Bertz CT molecular complexity index is 1050. The highest BCUT2D eigenvalue weighted by molar-refractivity contribution is 5.61. The molecule has 132 valence electrons. The zero-order chi connectivity index (χ0) is 18.1. The van der Waals surface area contributed by atoms with Gasteiger partial charge in [0.1, 0.15) is 5.82 Å². The normalized spacial score (nSPS) is 11.2. The van der Waals surface area contributed by atoms with Crippen LogP contribution in [-0.2, 0) is 6.42 Å². The van der Waals surface area contributed by atoms with E-state index in [0.29, 0.717) is 17.4 Å².